The first-order valence-electron chi connectivity index (χ1n) is 5.40. The molecular formula is C12H13BrN2O. The summed E-state index contributed by atoms with van der Waals surface area (Å²) in [5.41, 5.74) is 0.512. The van der Waals surface area contributed by atoms with Crippen LogP contribution in [0, 0.1) is 0 Å². The maximum Gasteiger partial charge on any atom is 0.0924 e. The Hall–Kier alpha value is -0.870. The molecule has 0 bridgehead atoms. The number of benzene rings is 1. The molecule has 0 radical (unpaired) electrons. The zero-order chi connectivity index (χ0) is 11.3. The molecule has 0 amide bonds. The number of fused-ring (bicyclic) bond motifs is 1. The van der Waals surface area contributed by atoms with Crippen molar-refractivity contribution in [2.45, 2.75) is 31.4 Å². The highest BCUT2D eigenvalue weighted by molar-refractivity contribution is 9.10. The molecule has 2 aromatic rings. The number of aliphatic hydroxyl groups is 1. The van der Waals surface area contributed by atoms with E-state index in [0.717, 1.165) is 28.2 Å². The van der Waals surface area contributed by atoms with Crippen LogP contribution in [0.25, 0.3) is 10.9 Å². The summed E-state index contributed by atoms with van der Waals surface area (Å²) in [5.74, 6) is 0. The van der Waals surface area contributed by atoms with Gasteiger partial charge in [-0.2, -0.15) is 5.10 Å². The fourth-order valence-corrected chi connectivity index (χ4v) is 2.72. The van der Waals surface area contributed by atoms with E-state index in [-0.39, 0.29) is 0 Å². The van der Waals surface area contributed by atoms with Gasteiger partial charge < -0.3 is 5.11 Å². The Bertz CT molecular complexity index is 539. The minimum Gasteiger partial charge on any atom is -0.390 e. The summed E-state index contributed by atoms with van der Waals surface area (Å²) in [7, 11) is 0. The molecule has 1 aromatic carbocycles. The number of hydrogen-bond acceptors (Lipinski definition) is 2. The Labute approximate surface area is 102 Å². The van der Waals surface area contributed by atoms with Crippen molar-refractivity contribution in [1.29, 1.82) is 0 Å². The molecule has 3 nitrogen and oxygen atoms in total. The van der Waals surface area contributed by atoms with Crippen molar-refractivity contribution in [2.24, 2.45) is 0 Å². The number of nitrogens with zero attached hydrogens (tertiary/aromatic N) is 2. The molecule has 0 spiro atoms. The summed E-state index contributed by atoms with van der Waals surface area (Å²) >= 11 is 3.45. The Morgan fingerprint density at radius 2 is 2.25 bits per heavy atom. The van der Waals surface area contributed by atoms with Crippen LogP contribution >= 0.6 is 15.9 Å². The first-order valence-corrected chi connectivity index (χ1v) is 6.20. The highest BCUT2D eigenvalue weighted by Gasteiger charge is 2.39. The van der Waals surface area contributed by atoms with Crippen LogP contribution < -0.4 is 0 Å². The van der Waals surface area contributed by atoms with E-state index >= 15 is 0 Å². The van der Waals surface area contributed by atoms with Gasteiger partial charge in [-0.3, -0.25) is 4.68 Å². The number of rotatable bonds is 1. The van der Waals surface area contributed by atoms with Crippen molar-refractivity contribution in [1.82, 2.24) is 9.78 Å². The largest absolute Gasteiger partial charge is 0.390 e. The molecule has 4 heteroatoms. The van der Waals surface area contributed by atoms with Gasteiger partial charge in [0.2, 0.25) is 0 Å². The van der Waals surface area contributed by atoms with Crippen molar-refractivity contribution >= 4 is 26.8 Å². The molecule has 16 heavy (non-hydrogen) atoms. The molecule has 1 saturated carbocycles. The van der Waals surface area contributed by atoms with Crippen molar-refractivity contribution < 1.29 is 5.11 Å². The second kappa shape index (κ2) is 3.31. The molecule has 1 aromatic heterocycles. The quantitative estimate of drug-likeness (QED) is 0.872. The topological polar surface area (TPSA) is 38.0 Å². The molecule has 84 valence electrons. The number of hydrogen-bond donors (Lipinski definition) is 1. The van der Waals surface area contributed by atoms with Crippen LogP contribution in [0.4, 0.5) is 0 Å². The lowest BCUT2D eigenvalue weighted by Gasteiger charge is -2.40. The van der Waals surface area contributed by atoms with Gasteiger partial charge in [0, 0.05) is 16.1 Å². The van der Waals surface area contributed by atoms with E-state index in [1.165, 1.54) is 0 Å². The van der Waals surface area contributed by atoms with Crippen LogP contribution in [0.3, 0.4) is 0 Å². The standard InChI is InChI=1S/C12H13BrN2O/c1-12(16)5-10(6-12)15-7-8-4-9(13)2-3-11(8)14-15/h2-4,7,10,16H,5-6H2,1H3. The van der Waals surface area contributed by atoms with Crippen LogP contribution in [0.5, 0.6) is 0 Å². The lowest BCUT2D eigenvalue weighted by Crippen LogP contribution is -2.42. The first-order chi connectivity index (χ1) is 7.53. The molecule has 1 heterocycles. The normalized spacial score (nSPS) is 29.3. The molecule has 1 aliphatic carbocycles. The molecule has 0 aliphatic heterocycles. The van der Waals surface area contributed by atoms with E-state index in [1.807, 2.05) is 23.7 Å². The first kappa shape index (κ1) is 10.3. The van der Waals surface area contributed by atoms with Gasteiger partial charge in [0.15, 0.2) is 0 Å². The molecule has 1 aliphatic rings. The summed E-state index contributed by atoms with van der Waals surface area (Å²) in [5, 5.41) is 15.4. The fraction of sp³-hybridized carbons (Fsp3) is 0.417. The van der Waals surface area contributed by atoms with E-state index < -0.39 is 5.60 Å². The third-order valence-electron chi connectivity index (χ3n) is 3.21. The van der Waals surface area contributed by atoms with Gasteiger partial charge in [-0.15, -0.1) is 0 Å². The van der Waals surface area contributed by atoms with E-state index in [4.69, 9.17) is 0 Å². The average molecular weight is 281 g/mol. The Morgan fingerprint density at radius 3 is 2.94 bits per heavy atom. The van der Waals surface area contributed by atoms with E-state index in [9.17, 15) is 5.11 Å². The Balaban J connectivity index is 1.95. The lowest BCUT2D eigenvalue weighted by atomic mass is 9.77. The highest BCUT2D eigenvalue weighted by Crippen LogP contribution is 2.40. The van der Waals surface area contributed by atoms with Gasteiger partial charge in [0.25, 0.3) is 0 Å². The highest BCUT2D eigenvalue weighted by atomic mass is 79.9. The van der Waals surface area contributed by atoms with Gasteiger partial charge in [-0.05, 0) is 38.0 Å². The van der Waals surface area contributed by atoms with Crippen molar-refractivity contribution in [3.63, 3.8) is 0 Å². The van der Waals surface area contributed by atoms with E-state index in [1.54, 1.807) is 0 Å². The summed E-state index contributed by atoms with van der Waals surface area (Å²) in [6.07, 6.45) is 3.64. The third-order valence-corrected chi connectivity index (χ3v) is 3.70. The molecule has 1 N–H and O–H groups in total. The predicted molar refractivity (Wildman–Crippen MR) is 66.3 cm³/mol. The molecule has 0 saturated heterocycles. The summed E-state index contributed by atoms with van der Waals surface area (Å²) < 4.78 is 3.05. The molecular weight excluding hydrogens is 268 g/mol. The second-order valence-corrected chi connectivity index (χ2v) is 5.79. The monoisotopic (exact) mass is 280 g/mol. The zero-order valence-corrected chi connectivity index (χ0v) is 10.6. The van der Waals surface area contributed by atoms with E-state index in [0.29, 0.717) is 6.04 Å². The van der Waals surface area contributed by atoms with Gasteiger partial charge in [0.1, 0.15) is 0 Å². The minimum atomic E-state index is -0.497. The molecule has 0 atom stereocenters. The van der Waals surface area contributed by atoms with Gasteiger partial charge in [-0.1, -0.05) is 15.9 Å². The minimum absolute atomic E-state index is 0.348. The SMILES string of the molecule is CC1(O)CC(n2cc3cc(Br)ccc3n2)C1. The maximum absolute atomic E-state index is 9.72. The Morgan fingerprint density at radius 1 is 1.50 bits per heavy atom. The summed E-state index contributed by atoms with van der Waals surface area (Å²) in [4.78, 5) is 0. The van der Waals surface area contributed by atoms with Crippen molar-refractivity contribution in [3.8, 4) is 0 Å². The number of aromatic nitrogens is 2. The third kappa shape index (κ3) is 1.66. The van der Waals surface area contributed by atoms with Crippen molar-refractivity contribution in [3.05, 3.63) is 28.9 Å². The fourth-order valence-electron chi connectivity index (χ4n) is 2.35. The van der Waals surface area contributed by atoms with E-state index in [2.05, 4.69) is 33.3 Å². The second-order valence-electron chi connectivity index (χ2n) is 4.87. The zero-order valence-electron chi connectivity index (χ0n) is 9.02. The van der Waals surface area contributed by atoms with Gasteiger partial charge >= 0.3 is 0 Å². The maximum atomic E-state index is 9.72. The summed E-state index contributed by atoms with van der Waals surface area (Å²) in [6, 6.07) is 6.42. The molecule has 3 rings (SSSR count). The average Bonchev–Trinajstić information content (AvgIpc) is 2.56. The van der Waals surface area contributed by atoms with Crippen molar-refractivity contribution in [2.75, 3.05) is 0 Å². The smallest absolute Gasteiger partial charge is 0.0924 e. The van der Waals surface area contributed by atoms with Crippen LogP contribution in [0.1, 0.15) is 25.8 Å². The van der Waals surface area contributed by atoms with Crippen LogP contribution in [0.2, 0.25) is 0 Å². The van der Waals surface area contributed by atoms with Gasteiger partial charge in [-0.25, -0.2) is 0 Å². The summed E-state index contributed by atoms with van der Waals surface area (Å²) in [6.45, 7) is 1.88. The van der Waals surface area contributed by atoms with Crippen LogP contribution in [-0.2, 0) is 0 Å². The lowest BCUT2D eigenvalue weighted by molar-refractivity contribution is -0.0541. The number of halogens is 1. The van der Waals surface area contributed by atoms with Gasteiger partial charge in [0.05, 0.1) is 17.2 Å². The Kier molecular flexibility index (Phi) is 2.13. The predicted octanol–water partition coefficient (Wildman–Crippen LogP) is 2.88. The van der Waals surface area contributed by atoms with Crippen LogP contribution in [0.15, 0.2) is 28.9 Å². The molecule has 1 fully saturated rings. The van der Waals surface area contributed by atoms with Crippen LogP contribution in [-0.4, -0.2) is 20.5 Å². The molecule has 0 unspecified atom stereocenters.